The molecular formula is C10H21N3OS. The zero-order chi connectivity index (χ0) is 11.7. The minimum atomic E-state index is 0.0710. The van der Waals surface area contributed by atoms with E-state index in [-0.39, 0.29) is 5.91 Å². The van der Waals surface area contributed by atoms with Gasteiger partial charge in [0, 0.05) is 19.5 Å². The first-order chi connectivity index (χ1) is 7.10. The second-order valence-electron chi connectivity index (χ2n) is 3.44. The van der Waals surface area contributed by atoms with E-state index in [0.717, 1.165) is 26.1 Å². The molecule has 0 saturated carbocycles. The van der Waals surface area contributed by atoms with E-state index in [9.17, 15) is 4.79 Å². The fourth-order valence-electron chi connectivity index (χ4n) is 1.14. The highest BCUT2D eigenvalue weighted by molar-refractivity contribution is 7.80. The minimum absolute atomic E-state index is 0.0710. The Balaban J connectivity index is 3.77. The van der Waals surface area contributed by atoms with Crippen LogP contribution in [0.25, 0.3) is 0 Å². The molecule has 0 rings (SSSR count). The summed E-state index contributed by atoms with van der Waals surface area (Å²) in [7, 11) is 0. The van der Waals surface area contributed by atoms with Crippen molar-refractivity contribution in [1.82, 2.24) is 10.2 Å². The first kappa shape index (κ1) is 14.3. The Labute approximate surface area is 97.2 Å². The normalized spacial score (nSPS) is 10.3. The molecule has 0 aromatic carbocycles. The van der Waals surface area contributed by atoms with Crippen LogP contribution in [0.1, 0.15) is 26.7 Å². The standard InChI is InChI=1S/C10H21N3OS/c1-3-6-12-10(14)8-13(4-2)7-5-9(11)15/h3-8H2,1-2H3,(H2,11,15)(H,12,14). The predicted octanol–water partition coefficient (Wildman–Crippen LogP) is 0.511. The molecule has 0 spiro atoms. The van der Waals surface area contributed by atoms with Gasteiger partial charge in [0.05, 0.1) is 11.5 Å². The zero-order valence-corrected chi connectivity index (χ0v) is 10.4. The Kier molecular flexibility index (Phi) is 8.22. The van der Waals surface area contributed by atoms with Gasteiger partial charge in [0.2, 0.25) is 5.91 Å². The molecule has 0 fully saturated rings. The summed E-state index contributed by atoms with van der Waals surface area (Å²) >= 11 is 4.80. The van der Waals surface area contributed by atoms with E-state index in [4.69, 9.17) is 18.0 Å². The zero-order valence-electron chi connectivity index (χ0n) is 9.58. The maximum Gasteiger partial charge on any atom is 0.234 e. The van der Waals surface area contributed by atoms with Gasteiger partial charge in [-0.05, 0) is 13.0 Å². The van der Waals surface area contributed by atoms with Crippen molar-refractivity contribution < 1.29 is 4.79 Å². The number of thiocarbonyl (C=S) groups is 1. The van der Waals surface area contributed by atoms with Crippen LogP contribution in [-0.2, 0) is 4.79 Å². The Morgan fingerprint density at radius 2 is 2.13 bits per heavy atom. The molecule has 0 heterocycles. The molecule has 4 nitrogen and oxygen atoms in total. The lowest BCUT2D eigenvalue weighted by atomic mass is 10.3. The van der Waals surface area contributed by atoms with Gasteiger partial charge in [0.15, 0.2) is 0 Å². The molecule has 0 bridgehead atoms. The monoisotopic (exact) mass is 231 g/mol. The van der Waals surface area contributed by atoms with E-state index < -0.39 is 0 Å². The molecule has 0 aliphatic heterocycles. The van der Waals surface area contributed by atoms with Crippen molar-refractivity contribution in [3.05, 3.63) is 0 Å². The third-order valence-corrected chi connectivity index (χ3v) is 2.27. The Hall–Kier alpha value is -0.680. The number of amides is 1. The molecule has 0 unspecified atom stereocenters. The van der Waals surface area contributed by atoms with Gasteiger partial charge in [-0.1, -0.05) is 26.1 Å². The van der Waals surface area contributed by atoms with Gasteiger partial charge in [-0.15, -0.1) is 0 Å². The number of hydrogen-bond donors (Lipinski definition) is 2. The molecular weight excluding hydrogens is 210 g/mol. The molecule has 5 heteroatoms. The average Bonchev–Trinajstić information content (AvgIpc) is 2.20. The second-order valence-corrected chi connectivity index (χ2v) is 3.96. The summed E-state index contributed by atoms with van der Waals surface area (Å²) in [4.78, 5) is 13.9. The predicted molar refractivity (Wildman–Crippen MR) is 66.8 cm³/mol. The van der Waals surface area contributed by atoms with Crippen molar-refractivity contribution in [2.45, 2.75) is 26.7 Å². The van der Waals surface area contributed by atoms with Crippen LogP contribution >= 0.6 is 12.2 Å². The molecule has 0 radical (unpaired) electrons. The lowest BCUT2D eigenvalue weighted by Crippen LogP contribution is -2.38. The van der Waals surface area contributed by atoms with Crippen molar-refractivity contribution >= 4 is 23.1 Å². The van der Waals surface area contributed by atoms with Crippen LogP contribution in [0.4, 0.5) is 0 Å². The first-order valence-corrected chi connectivity index (χ1v) is 5.78. The van der Waals surface area contributed by atoms with E-state index in [1.807, 2.05) is 18.7 Å². The van der Waals surface area contributed by atoms with Crippen molar-refractivity contribution in [2.24, 2.45) is 5.73 Å². The molecule has 0 atom stereocenters. The summed E-state index contributed by atoms with van der Waals surface area (Å²) in [5.74, 6) is 0.0710. The number of nitrogens with one attached hydrogen (secondary N) is 1. The summed E-state index contributed by atoms with van der Waals surface area (Å²) in [6, 6.07) is 0. The van der Waals surface area contributed by atoms with Crippen molar-refractivity contribution in [3.63, 3.8) is 0 Å². The summed E-state index contributed by atoms with van der Waals surface area (Å²) in [5.41, 5.74) is 5.41. The molecule has 0 aromatic heterocycles. The van der Waals surface area contributed by atoms with Crippen molar-refractivity contribution in [1.29, 1.82) is 0 Å². The summed E-state index contributed by atoms with van der Waals surface area (Å²) < 4.78 is 0. The highest BCUT2D eigenvalue weighted by Gasteiger charge is 2.08. The summed E-state index contributed by atoms with van der Waals surface area (Å²) in [6.07, 6.45) is 1.63. The number of hydrogen-bond acceptors (Lipinski definition) is 3. The molecule has 0 aromatic rings. The number of nitrogens with two attached hydrogens (primary N) is 1. The smallest absolute Gasteiger partial charge is 0.234 e. The third-order valence-electron chi connectivity index (χ3n) is 2.06. The second kappa shape index (κ2) is 8.61. The lowest BCUT2D eigenvalue weighted by molar-refractivity contribution is -0.122. The summed E-state index contributed by atoms with van der Waals surface area (Å²) in [5, 5.41) is 2.84. The van der Waals surface area contributed by atoms with Crippen LogP contribution in [0.3, 0.4) is 0 Å². The minimum Gasteiger partial charge on any atom is -0.393 e. The first-order valence-electron chi connectivity index (χ1n) is 5.37. The van der Waals surface area contributed by atoms with Crippen LogP contribution in [0.5, 0.6) is 0 Å². The van der Waals surface area contributed by atoms with Gasteiger partial charge >= 0.3 is 0 Å². The Bertz CT molecular complexity index is 209. The van der Waals surface area contributed by atoms with Gasteiger partial charge in [-0.25, -0.2) is 0 Å². The number of rotatable bonds is 8. The fraction of sp³-hybridized carbons (Fsp3) is 0.800. The van der Waals surface area contributed by atoms with E-state index in [1.165, 1.54) is 0 Å². The largest absolute Gasteiger partial charge is 0.393 e. The van der Waals surface area contributed by atoms with Crippen LogP contribution in [0.15, 0.2) is 0 Å². The number of carbonyl (C=O) groups is 1. The van der Waals surface area contributed by atoms with Gasteiger partial charge in [-0.2, -0.15) is 0 Å². The maximum atomic E-state index is 11.4. The Morgan fingerprint density at radius 3 is 2.60 bits per heavy atom. The quantitative estimate of drug-likeness (QED) is 0.598. The van der Waals surface area contributed by atoms with Crippen LogP contribution in [0.2, 0.25) is 0 Å². The van der Waals surface area contributed by atoms with Gasteiger partial charge in [0.25, 0.3) is 0 Å². The number of nitrogens with zero attached hydrogens (tertiary/aromatic N) is 1. The molecule has 0 aliphatic carbocycles. The average molecular weight is 231 g/mol. The van der Waals surface area contributed by atoms with Crippen molar-refractivity contribution in [2.75, 3.05) is 26.2 Å². The fourth-order valence-corrected chi connectivity index (χ4v) is 1.23. The summed E-state index contributed by atoms with van der Waals surface area (Å²) in [6.45, 7) is 6.82. The van der Waals surface area contributed by atoms with Gasteiger partial charge in [0.1, 0.15) is 0 Å². The van der Waals surface area contributed by atoms with Crippen LogP contribution in [0, 0.1) is 0 Å². The lowest BCUT2D eigenvalue weighted by Gasteiger charge is -2.19. The van der Waals surface area contributed by atoms with Crippen LogP contribution in [-0.4, -0.2) is 42.0 Å². The van der Waals surface area contributed by atoms with Crippen LogP contribution < -0.4 is 11.1 Å². The van der Waals surface area contributed by atoms with E-state index in [0.29, 0.717) is 18.0 Å². The van der Waals surface area contributed by atoms with E-state index in [1.54, 1.807) is 0 Å². The third kappa shape index (κ3) is 8.32. The van der Waals surface area contributed by atoms with Gasteiger partial charge < -0.3 is 11.1 Å². The molecule has 15 heavy (non-hydrogen) atoms. The number of likely N-dealkylation sites (N-methyl/N-ethyl adjacent to an activating group) is 1. The SMILES string of the molecule is CCCNC(=O)CN(CC)CCC(N)=S. The molecule has 88 valence electrons. The van der Waals surface area contributed by atoms with Crippen molar-refractivity contribution in [3.8, 4) is 0 Å². The highest BCUT2D eigenvalue weighted by atomic mass is 32.1. The maximum absolute atomic E-state index is 11.4. The number of carbonyl (C=O) groups excluding carboxylic acids is 1. The van der Waals surface area contributed by atoms with Gasteiger partial charge in [-0.3, -0.25) is 9.69 Å². The Morgan fingerprint density at radius 1 is 1.47 bits per heavy atom. The van der Waals surface area contributed by atoms with E-state index >= 15 is 0 Å². The molecule has 1 amide bonds. The highest BCUT2D eigenvalue weighted by Crippen LogP contribution is 1.91. The molecule has 3 N–H and O–H groups in total. The molecule has 0 aliphatic rings. The van der Waals surface area contributed by atoms with E-state index in [2.05, 4.69) is 5.32 Å². The topological polar surface area (TPSA) is 58.4 Å². The molecule has 0 saturated heterocycles.